The van der Waals surface area contributed by atoms with Crippen LogP contribution in [0.1, 0.15) is 53.4 Å². The fraction of sp³-hybridized carbons (Fsp3) is 0.500. The molecule has 0 spiro atoms. The first-order valence-electron chi connectivity index (χ1n) is 9.62. The minimum absolute atomic E-state index is 0.0696. The number of nitrogens with one attached hydrogen (secondary N) is 2. The first-order chi connectivity index (χ1) is 13.4. The van der Waals surface area contributed by atoms with E-state index >= 15 is 0 Å². The molecule has 7 nitrogen and oxygen atoms in total. The summed E-state index contributed by atoms with van der Waals surface area (Å²) >= 11 is 0. The van der Waals surface area contributed by atoms with E-state index in [0.29, 0.717) is 0 Å². The van der Waals surface area contributed by atoms with Crippen LogP contribution in [-0.2, 0) is 0 Å². The van der Waals surface area contributed by atoms with Crippen molar-refractivity contribution in [2.45, 2.75) is 45.7 Å². The molecule has 2 aromatic rings. The zero-order chi connectivity index (χ0) is 20.3. The van der Waals surface area contributed by atoms with Gasteiger partial charge in [-0.15, -0.1) is 0 Å². The minimum Gasteiger partial charge on any atom is -0.355 e. The summed E-state index contributed by atoms with van der Waals surface area (Å²) in [7, 11) is 1.57. The first kappa shape index (κ1) is 20.1. The highest BCUT2D eigenvalue weighted by Crippen LogP contribution is 2.25. The van der Waals surface area contributed by atoms with Crippen LogP contribution in [-0.4, -0.2) is 47.0 Å². The zero-order valence-corrected chi connectivity index (χ0v) is 16.8. The van der Waals surface area contributed by atoms with Crippen LogP contribution < -0.4 is 15.5 Å². The van der Waals surface area contributed by atoms with Crippen LogP contribution in [0.5, 0.6) is 0 Å². The van der Waals surface area contributed by atoms with Crippen LogP contribution in [0.4, 0.5) is 10.2 Å². The Kier molecular flexibility index (Phi) is 6.18. The van der Waals surface area contributed by atoms with Gasteiger partial charge >= 0.3 is 0 Å². The van der Waals surface area contributed by atoms with Gasteiger partial charge in [0.05, 0.1) is 11.9 Å². The third-order valence-electron chi connectivity index (χ3n) is 5.23. The molecule has 2 N–H and O–H groups in total. The predicted octanol–water partition coefficient (Wildman–Crippen LogP) is 2.31. The molecular formula is C20H27FN6O. The standard InChI is InChI=1S/C20H27FN6O/c1-5-16(17-7-6-14(21)10-23-17)25-15-8-9-27(11-15)19-12(2)13(3)24-18(26-19)20(28)22-4/h6-7,10,15-16,25H,5,8-9,11H2,1-4H3,(H,22,28)/t15-,16?/m1/s1. The SMILES string of the molecule is CCC(N[C@@H]1CCN(c2nc(C(=O)NC)nc(C)c2C)C1)c1ccc(F)cn1. The van der Waals surface area contributed by atoms with Crippen molar-refractivity contribution >= 4 is 11.7 Å². The van der Waals surface area contributed by atoms with Crippen LogP contribution in [0, 0.1) is 19.7 Å². The van der Waals surface area contributed by atoms with Crippen molar-refractivity contribution in [2.24, 2.45) is 0 Å². The number of amides is 1. The van der Waals surface area contributed by atoms with Crippen molar-refractivity contribution < 1.29 is 9.18 Å². The quantitative estimate of drug-likeness (QED) is 0.793. The molecule has 1 aliphatic heterocycles. The number of halogens is 1. The molecule has 8 heteroatoms. The molecular weight excluding hydrogens is 359 g/mol. The van der Waals surface area contributed by atoms with Gasteiger partial charge in [0, 0.05) is 43.5 Å². The Bertz CT molecular complexity index is 841. The van der Waals surface area contributed by atoms with Gasteiger partial charge in [-0.25, -0.2) is 14.4 Å². The number of nitrogens with zero attached hydrogens (tertiary/aromatic N) is 4. The second-order valence-electron chi connectivity index (χ2n) is 7.12. The summed E-state index contributed by atoms with van der Waals surface area (Å²) in [4.78, 5) is 27.2. The van der Waals surface area contributed by atoms with Gasteiger partial charge < -0.3 is 15.5 Å². The van der Waals surface area contributed by atoms with E-state index in [1.165, 1.54) is 12.3 Å². The number of aryl methyl sites for hydroxylation is 1. The van der Waals surface area contributed by atoms with Gasteiger partial charge in [-0.2, -0.15) is 0 Å². The van der Waals surface area contributed by atoms with E-state index in [4.69, 9.17) is 0 Å². The Balaban J connectivity index is 1.73. The maximum Gasteiger partial charge on any atom is 0.288 e. The number of carbonyl (C=O) groups excluding carboxylic acids is 1. The summed E-state index contributed by atoms with van der Waals surface area (Å²) in [6.07, 6.45) is 3.07. The normalized spacial score (nSPS) is 17.6. The average molecular weight is 386 g/mol. The molecule has 28 heavy (non-hydrogen) atoms. The van der Waals surface area contributed by atoms with E-state index in [2.05, 4.69) is 37.4 Å². The molecule has 0 radical (unpaired) electrons. The summed E-state index contributed by atoms with van der Waals surface area (Å²) < 4.78 is 13.2. The largest absolute Gasteiger partial charge is 0.355 e. The lowest BCUT2D eigenvalue weighted by atomic mass is 10.1. The number of carbonyl (C=O) groups is 1. The second kappa shape index (κ2) is 8.60. The highest BCUT2D eigenvalue weighted by molar-refractivity contribution is 5.90. The lowest BCUT2D eigenvalue weighted by molar-refractivity contribution is 0.0952. The Morgan fingerprint density at radius 3 is 2.79 bits per heavy atom. The summed E-state index contributed by atoms with van der Waals surface area (Å²) in [5.74, 6) is 0.390. The van der Waals surface area contributed by atoms with Gasteiger partial charge in [-0.05, 0) is 38.8 Å². The molecule has 3 heterocycles. The number of hydrogen-bond acceptors (Lipinski definition) is 6. The van der Waals surface area contributed by atoms with Crippen molar-refractivity contribution in [3.05, 3.63) is 46.9 Å². The Hall–Kier alpha value is -2.61. The van der Waals surface area contributed by atoms with Crippen LogP contribution in [0.3, 0.4) is 0 Å². The molecule has 1 saturated heterocycles. The van der Waals surface area contributed by atoms with E-state index in [9.17, 15) is 9.18 Å². The number of anilines is 1. The molecule has 3 rings (SSSR count). The van der Waals surface area contributed by atoms with Crippen LogP contribution in [0.15, 0.2) is 18.3 Å². The lowest BCUT2D eigenvalue weighted by Crippen LogP contribution is -2.36. The first-order valence-corrected chi connectivity index (χ1v) is 9.62. The molecule has 0 aliphatic carbocycles. The lowest BCUT2D eigenvalue weighted by Gasteiger charge is -2.24. The van der Waals surface area contributed by atoms with Crippen molar-refractivity contribution in [1.29, 1.82) is 0 Å². The molecule has 0 saturated carbocycles. The number of aromatic nitrogens is 3. The molecule has 0 aromatic carbocycles. The number of rotatable bonds is 6. The molecule has 0 bridgehead atoms. The van der Waals surface area contributed by atoms with Crippen LogP contribution >= 0.6 is 0 Å². The van der Waals surface area contributed by atoms with E-state index in [1.807, 2.05) is 13.8 Å². The molecule has 1 unspecified atom stereocenters. The van der Waals surface area contributed by atoms with Crippen LogP contribution in [0.25, 0.3) is 0 Å². The molecule has 1 fully saturated rings. The number of hydrogen-bond donors (Lipinski definition) is 2. The van der Waals surface area contributed by atoms with Gasteiger partial charge in [0.1, 0.15) is 11.6 Å². The predicted molar refractivity (Wildman–Crippen MR) is 106 cm³/mol. The van der Waals surface area contributed by atoms with Gasteiger partial charge in [0.15, 0.2) is 0 Å². The molecule has 2 atom stereocenters. The molecule has 1 amide bonds. The summed E-state index contributed by atoms with van der Waals surface area (Å²) in [6.45, 7) is 7.59. The smallest absolute Gasteiger partial charge is 0.288 e. The number of pyridine rings is 1. The summed E-state index contributed by atoms with van der Waals surface area (Å²) in [6, 6.07) is 3.51. The van der Waals surface area contributed by atoms with Gasteiger partial charge in [0.2, 0.25) is 5.82 Å². The molecule has 1 aliphatic rings. The maximum absolute atomic E-state index is 13.2. The monoisotopic (exact) mass is 386 g/mol. The fourth-order valence-corrected chi connectivity index (χ4v) is 3.51. The summed E-state index contributed by atoms with van der Waals surface area (Å²) in [5.41, 5.74) is 2.64. The van der Waals surface area contributed by atoms with Crippen molar-refractivity contribution in [2.75, 3.05) is 25.0 Å². The van der Waals surface area contributed by atoms with E-state index in [0.717, 1.165) is 48.7 Å². The van der Waals surface area contributed by atoms with E-state index in [1.54, 1.807) is 13.1 Å². The van der Waals surface area contributed by atoms with Crippen LogP contribution in [0.2, 0.25) is 0 Å². The average Bonchev–Trinajstić information content (AvgIpc) is 3.16. The van der Waals surface area contributed by atoms with E-state index < -0.39 is 0 Å². The van der Waals surface area contributed by atoms with E-state index in [-0.39, 0.29) is 29.6 Å². The third kappa shape index (κ3) is 4.27. The molecule has 2 aromatic heterocycles. The van der Waals surface area contributed by atoms with Crippen molar-refractivity contribution in [1.82, 2.24) is 25.6 Å². The highest BCUT2D eigenvalue weighted by Gasteiger charge is 2.28. The topological polar surface area (TPSA) is 83.0 Å². The van der Waals surface area contributed by atoms with Gasteiger partial charge in [-0.3, -0.25) is 9.78 Å². The Morgan fingerprint density at radius 2 is 2.14 bits per heavy atom. The van der Waals surface area contributed by atoms with Gasteiger partial charge in [0.25, 0.3) is 5.91 Å². The fourth-order valence-electron chi connectivity index (χ4n) is 3.51. The second-order valence-corrected chi connectivity index (χ2v) is 7.12. The van der Waals surface area contributed by atoms with Crippen molar-refractivity contribution in [3.8, 4) is 0 Å². The third-order valence-corrected chi connectivity index (χ3v) is 5.23. The Labute approximate surface area is 164 Å². The van der Waals surface area contributed by atoms with Gasteiger partial charge in [-0.1, -0.05) is 6.92 Å². The van der Waals surface area contributed by atoms with Crippen molar-refractivity contribution in [3.63, 3.8) is 0 Å². The summed E-state index contributed by atoms with van der Waals surface area (Å²) in [5, 5.41) is 6.22. The maximum atomic E-state index is 13.2. The molecule has 150 valence electrons. The highest BCUT2D eigenvalue weighted by atomic mass is 19.1. The zero-order valence-electron chi connectivity index (χ0n) is 16.8. The Morgan fingerprint density at radius 1 is 1.36 bits per heavy atom. The minimum atomic E-state index is -0.327.